The number of benzene rings is 1. The summed E-state index contributed by atoms with van der Waals surface area (Å²) in [6.45, 7) is 2.04. The fraction of sp³-hybridized carbons (Fsp3) is 0.467. The van der Waals surface area contributed by atoms with Gasteiger partial charge in [-0.3, -0.25) is 9.69 Å². The van der Waals surface area contributed by atoms with Gasteiger partial charge in [0.15, 0.2) is 0 Å². The van der Waals surface area contributed by atoms with E-state index in [1.807, 2.05) is 30.5 Å². The molecular formula is C15H20N2O2S. The van der Waals surface area contributed by atoms with Crippen molar-refractivity contribution in [1.82, 2.24) is 4.90 Å². The number of aldehydes is 1. The molecule has 0 spiro atoms. The third-order valence-corrected chi connectivity index (χ3v) is 4.37. The lowest BCUT2D eigenvalue weighted by Crippen LogP contribution is -2.39. The van der Waals surface area contributed by atoms with Crippen molar-refractivity contribution in [2.75, 3.05) is 31.2 Å². The number of amides is 1. The van der Waals surface area contributed by atoms with Crippen LogP contribution in [0.5, 0.6) is 0 Å². The van der Waals surface area contributed by atoms with E-state index in [0.717, 1.165) is 42.8 Å². The Morgan fingerprint density at radius 3 is 2.75 bits per heavy atom. The van der Waals surface area contributed by atoms with Crippen molar-refractivity contribution in [1.29, 1.82) is 0 Å². The second kappa shape index (κ2) is 7.45. The Balaban J connectivity index is 1.85. The van der Waals surface area contributed by atoms with Crippen LogP contribution >= 0.6 is 11.8 Å². The quantitative estimate of drug-likeness (QED) is 0.668. The van der Waals surface area contributed by atoms with Crippen molar-refractivity contribution in [2.45, 2.75) is 17.7 Å². The summed E-state index contributed by atoms with van der Waals surface area (Å²) in [5.41, 5.74) is 0.868. The minimum absolute atomic E-state index is 0.0102. The maximum atomic E-state index is 12.1. The number of piperidine rings is 1. The summed E-state index contributed by atoms with van der Waals surface area (Å²) in [4.78, 5) is 25.9. The van der Waals surface area contributed by atoms with Gasteiger partial charge in [0.1, 0.15) is 6.29 Å². The molecule has 1 heterocycles. The van der Waals surface area contributed by atoms with Crippen molar-refractivity contribution < 1.29 is 9.59 Å². The van der Waals surface area contributed by atoms with E-state index in [-0.39, 0.29) is 11.8 Å². The predicted molar refractivity (Wildman–Crippen MR) is 82.1 cm³/mol. The monoisotopic (exact) mass is 292 g/mol. The van der Waals surface area contributed by atoms with Gasteiger partial charge in [-0.15, -0.1) is 11.8 Å². The summed E-state index contributed by atoms with van der Waals surface area (Å²) in [7, 11) is 0. The molecular weight excluding hydrogens is 272 g/mol. The highest BCUT2D eigenvalue weighted by molar-refractivity contribution is 7.98. The fourth-order valence-corrected chi connectivity index (χ4v) is 2.94. The van der Waals surface area contributed by atoms with E-state index in [0.29, 0.717) is 6.54 Å². The average molecular weight is 292 g/mol. The molecule has 1 aliphatic rings. The zero-order chi connectivity index (χ0) is 14.4. The number of carbonyl (C=O) groups excluding carboxylic acids is 2. The van der Waals surface area contributed by atoms with Crippen LogP contribution in [0.1, 0.15) is 12.8 Å². The van der Waals surface area contributed by atoms with Gasteiger partial charge in [0, 0.05) is 10.8 Å². The molecule has 0 saturated carbocycles. The average Bonchev–Trinajstić information content (AvgIpc) is 2.48. The topological polar surface area (TPSA) is 49.4 Å². The predicted octanol–water partition coefficient (Wildman–Crippen LogP) is 2.26. The molecule has 20 heavy (non-hydrogen) atoms. The van der Waals surface area contributed by atoms with Gasteiger partial charge in [-0.2, -0.15) is 0 Å². The van der Waals surface area contributed by atoms with E-state index in [1.165, 1.54) is 0 Å². The summed E-state index contributed by atoms with van der Waals surface area (Å²) in [5.74, 6) is 0.183. The first kappa shape index (κ1) is 15.1. The molecule has 1 aromatic rings. The molecule has 1 N–H and O–H groups in total. The Morgan fingerprint density at radius 2 is 2.10 bits per heavy atom. The SMILES string of the molecule is CSc1ccccc1NC(=O)CN1CCC(C=O)CC1. The second-order valence-electron chi connectivity index (χ2n) is 5.00. The van der Waals surface area contributed by atoms with Gasteiger partial charge < -0.3 is 10.1 Å². The Labute approximate surface area is 123 Å². The van der Waals surface area contributed by atoms with Crippen LogP contribution < -0.4 is 5.32 Å². The van der Waals surface area contributed by atoms with Crippen molar-refractivity contribution >= 4 is 29.6 Å². The number of rotatable bonds is 5. The minimum atomic E-state index is 0.0102. The standard InChI is InChI=1S/C15H20N2O2S/c1-20-14-5-3-2-4-13(14)16-15(19)10-17-8-6-12(11-18)7-9-17/h2-5,11-12H,6-10H2,1H3,(H,16,19). The number of likely N-dealkylation sites (tertiary alicyclic amines) is 1. The molecule has 0 atom stereocenters. The first-order valence-corrected chi connectivity index (χ1v) is 8.06. The summed E-state index contributed by atoms with van der Waals surface area (Å²) in [5, 5.41) is 2.96. The van der Waals surface area contributed by atoms with E-state index in [4.69, 9.17) is 0 Å². The lowest BCUT2D eigenvalue weighted by Gasteiger charge is -2.28. The van der Waals surface area contributed by atoms with Gasteiger partial charge in [0.2, 0.25) is 5.91 Å². The first-order valence-electron chi connectivity index (χ1n) is 6.83. The Hall–Kier alpha value is -1.33. The summed E-state index contributed by atoms with van der Waals surface area (Å²) in [6.07, 6.45) is 4.75. The Bertz CT molecular complexity index is 471. The molecule has 1 aromatic carbocycles. The molecule has 0 radical (unpaired) electrons. The molecule has 0 unspecified atom stereocenters. The van der Waals surface area contributed by atoms with E-state index in [2.05, 4.69) is 10.2 Å². The van der Waals surface area contributed by atoms with Crippen LogP contribution in [0.15, 0.2) is 29.2 Å². The lowest BCUT2D eigenvalue weighted by molar-refractivity contribution is -0.117. The highest BCUT2D eigenvalue weighted by atomic mass is 32.2. The van der Waals surface area contributed by atoms with Gasteiger partial charge >= 0.3 is 0 Å². The van der Waals surface area contributed by atoms with Gasteiger partial charge in [-0.1, -0.05) is 12.1 Å². The number of hydrogen-bond acceptors (Lipinski definition) is 4. The Morgan fingerprint density at radius 1 is 1.40 bits per heavy atom. The van der Waals surface area contributed by atoms with Crippen LogP contribution in [-0.2, 0) is 9.59 Å². The number of nitrogens with zero attached hydrogens (tertiary/aromatic N) is 1. The fourth-order valence-electron chi connectivity index (χ4n) is 2.39. The summed E-state index contributed by atoms with van der Waals surface area (Å²) < 4.78 is 0. The normalized spacial score (nSPS) is 16.9. The van der Waals surface area contributed by atoms with Crippen LogP contribution in [-0.4, -0.2) is 43.0 Å². The third kappa shape index (κ3) is 4.08. The number of anilines is 1. The number of para-hydroxylation sites is 1. The largest absolute Gasteiger partial charge is 0.324 e. The molecule has 5 heteroatoms. The molecule has 0 bridgehead atoms. The molecule has 1 amide bonds. The van der Waals surface area contributed by atoms with E-state index in [1.54, 1.807) is 11.8 Å². The maximum Gasteiger partial charge on any atom is 0.238 e. The van der Waals surface area contributed by atoms with Gasteiger partial charge in [-0.05, 0) is 44.3 Å². The first-order chi connectivity index (χ1) is 9.72. The lowest BCUT2D eigenvalue weighted by atomic mass is 9.99. The molecule has 108 valence electrons. The van der Waals surface area contributed by atoms with Gasteiger partial charge in [0.25, 0.3) is 0 Å². The zero-order valence-electron chi connectivity index (χ0n) is 11.7. The second-order valence-corrected chi connectivity index (χ2v) is 5.85. The number of hydrogen-bond donors (Lipinski definition) is 1. The van der Waals surface area contributed by atoms with Crippen molar-refractivity contribution in [3.8, 4) is 0 Å². The van der Waals surface area contributed by atoms with Gasteiger partial charge in [0.05, 0.1) is 12.2 Å². The van der Waals surface area contributed by atoms with Crippen LogP contribution in [0.3, 0.4) is 0 Å². The third-order valence-electron chi connectivity index (χ3n) is 3.57. The molecule has 0 aliphatic carbocycles. The molecule has 1 fully saturated rings. The minimum Gasteiger partial charge on any atom is -0.324 e. The smallest absolute Gasteiger partial charge is 0.238 e. The number of nitrogens with one attached hydrogen (secondary N) is 1. The van der Waals surface area contributed by atoms with Crippen molar-refractivity contribution in [2.24, 2.45) is 5.92 Å². The highest BCUT2D eigenvalue weighted by Gasteiger charge is 2.20. The highest BCUT2D eigenvalue weighted by Crippen LogP contribution is 2.24. The van der Waals surface area contributed by atoms with E-state index in [9.17, 15) is 9.59 Å². The van der Waals surface area contributed by atoms with E-state index >= 15 is 0 Å². The van der Waals surface area contributed by atoms with Crippen LogP contribution in [0, 0.1) is 5.92 Å². The Kier molecular flexibility index (Phi) is 5.61. The van der Waals surface area contributed by atoms with Gasteiger partial charge in [-0.25, -0.2) is 0 Å². The van der Waals surface area contributed by atoms with Crippen molar-refractivity contribution in [3.05, 3.63) is 24.3 Å². The zero-order valence-corrected chi connectivity index (χ0v) is 12.5. The van der Waals surface area contributed by atoms with Crippen LogP contribution in [0.2, 0.25) is 0 Å². The molecule has 1 saturated heterocycles. The molecule has 2 rings (SSSR count). The number of thioether (sulfide) groups is 1. The van der Waals surface area contributed by atoms with Crippen LogP contribution in [0.25, 0.3) is 0 Å². The number of carbonyl (C=O) groups is 2. The molecule has 0 aromatic heterocycles. The van der Waals surface area contributed by atoms with Crippen molar-refractivity contribution in [3.63, 3.8) is 0 Å². The van der Waals surface area contributed by atoms with Crippen LogP contribution in [0.4, 0.5) is 5.69 Å². The van der Waals surface area contributed by atoms with E-state index < -0.39 is 0 Å². The molecule has 1 aliphatic heterocycles. The summed E-state index contributed by atoms with van der Waals surface area (Å²) in [6, 6.07) is 7.80. The summed E-state index contributed by atoms with van der Waals surface area (Å²) >= 11 is 1.62. The maximum absolute atomic E-state index is 12.1. The molecule has 4 nitrogen and oxygen atoms in total.